The van der Waals surface area contributed by atoms with Gasteiger partial charge in [0.25, 0.3) is 11.7 Å². The second-order valence-corrected chi connectivity index (χ2v) is 9.45. The molecule has 162 valence electrons. The molecule has 1 atom stereocenters. The lowest BCUT2D eigenvalue weighted by Crippen LogP contribution is -2.40. The fraction of sp³-hybridized carbons (Fsp3) is 0.417. The van der Waals surface area contributed by atoms with Crippen molar-refractivity contribution in [3.63, 3.8) is 0 Å². The fourth-order valence-corrected chi connectivity index (χ4v) is 5.80. The highest BCUT2D eigenvalue weighted by molar-refractivity contribution is 7.10. The molecule has 6 nitrogen and oxygen atoms in total. The minimum Gasteiger partial charge on any atom is -0.507 e. The summed E-state index contributed by atoms with van der Waals surface area (Å²) in [5.74, 6) is -0.450. The zero-order valence-electron chi connectivity index (χ0n) is 17.5. The molecule has 0 radical (unpaired) electrons. The van der Waals surface area contributed by atoms with Gasteiger partial charge in [-0.25, -0.2) is 0 Å². The second-order valence-electron chi connectivity index (χ2n) is 8.47. The van der Waals surface area contributed by atoms with E-state index in [-0.39, 0.29) is 17.4 Å². The van der Waals surface area contributed by atoms with Gasteiger partial charge in [-0.15, -0.1) is 11.3 Å². The predicted octanol–water partition coefficient (Wildman–Crippen LogP) is 4.33. The van der Waals surface area contributed by atoms with Crippen molar-refractivity contribution in [3.05, 3.63) is 51.7 Å². The van der Waals surface area contributed by atoms with Crippen molar-refractivity contribution < 1.29 is 19.4 Å². The standard InChI is InChI=1S/C24H26N2O4S/c1-25-11-12-30-18-10-9-15(14-17(18)25)22(27)20-21(19-8-5-13-31-19)26(24(29)23(20)28)16-6-3-2-4-7-16/h5,8-10,13-14,16,21,27H,2-4,6-7,11-12H2,1H3/b22-20-. The Morgan fingerprint density at radius 1 is 1.16 bits per heavy atom. The molecule has 1 aliphatic carbocycles. The Balaban J connectivity index is 1.62. The van der Waals surface area contributed by atoms with Gasteiger partial charge in [-0.3, -0.25) is 9.59 Å². The van der Waals surface area contributed by atoms with Gasteiger partial charge < -0.3 is 19.6 Å². The topological polar surface area (TPSA) is 70.1 Å². The third-order valence-corrected chi connectivity index (χ3v) is 7.51. The van der Waals surface area contributed by atoms with Crippen molar-refractivity contribution in [2.24, 2.45) is 0 Å². The molecular formula is C24H26N2O4S. The Hall–Kier alpha value is -2.80. The van der Waals surface area contributed by atoms with E-state index in [4.69, 9.17) is 4.74 Å². The summed E-state index contributed by atoms with van der Waals surface area (Å²) in [6, 6.07) is 8.78. The Morgan fingerprint density at radius 2 is 1.97 bits per heavy atom. The molecule has 2 aromatic rings. The van der Waals surface area contributed by atoms with Crippen LogP contribution in [0.2, 0.25) is 0 Å². The molecule has 1 saturated carbocycles. The van der Waals surface area contributed by atoms with Gasteiger partial charge in [-0.2, -0.15) is 0 Å². The van der Waals surface area contributed by atoms with Gasteiger partial charge in [0.1, 0.15) is 18.1 Å². The molecule has 31 heavy (non-hydrogen) atoms. The number of carbonyl (C=O) groups is 2. The molecule has 1 N–H and O–H groups in total. The van der Waals surface area contributed by atoms with E-state index in [0.717, 1.165) is 55.0 Å². The number of nitrogens with zero attached hydrogens (tertiary/aromatic N) is 2. The molecule has 3 heterocycles. The molecule has 5 rings (SSSR count). The lowest BCUT2D eigenvalue weighted by atomic mass is 9.92. The summed E-state index contributed by atoms with van der Waals surface area (Å²) in [6.45, 7) is 1.36. The van der Waals surface area contributed by atoms with Gasteiger partial charge in [0.2, 0.25) is 0 Å². The molecule has 2 fully saturated rings. The van der Waals surface area contributed by atoms with Crippen molar-refractivity contribution in [1.29, 1.82) is 0 Å². The van der Waals surface area contributed by atoms with Gasteiger partial charge in [-0.05, 0) is 42.5 Å². The summed E-state index contributed by atoms with van der Waals surface area (Å²) in [4.78, 5) is 31.1. The average Bonchev–Trinajstić information content (AvgIpc) is 3.41. The predicted molar refractivity (Wildman–Crippen MR) is 121 cm³/mol. The minimum atomic E-state index is -0.594. The maximum Gasteiger partial charge on any atom is 0.295 e. The highest BCUT2D eigenvalue weighted by Gasteiger charge is 2.49. The molecule has 1 saturated heterocycles. The smallest absolute Gasteiger partial charge is 0.295 e. The van der Waals surface area contributed by atoms with Crippen LogP contribution < -0.4 is 9.64 Å². The van der Waals surface area contributed by atoms with E-state index in [1.54, 1.807) is 11.0 Å². The van der Waals surface area contributed by atoms with E-state index in [9.17, 15) is 14.7 Å². The number of amides is 1. The number of aliphatic hydroxyl groups is 1. The summed E-state index contributed by atoms with van der Waals surface area (Å²) in [5, 5.41) is 13.3. The number of ether oxygens (including phenoxy) is 1. The zero-order chi connectivity index (χ0) is 21.5. The molecule has 7 heteroatoms. The largest absolute Gasteiger partial charge is 0.507 e. The summed E-state index contributed by atoms with van der Waals surface area (Å²) in [5.41, 5.74) is 1.58. The SMILES string of the molecule is CN1CCOc2ccc(/C(O)=C3/C(=O)C(=O)N(C4CCCCC4)C3c3cccs3)cc21. The van der Waals surface area contributed by atoms with Crippen molar-refractivity contribution in [1.82, 2.24) is 4.90 Å². The maximum absolute atomic E-state index is 13.2. The molecule has 1 aromatic carbocycles. The van der Waals surface area contributed by atoms with Crippen LogP contribution in [0.1, 0.15) is 48.6 Å². The molecule has 1 aromatic heterocycles. The van der Waals surface area contributed by atoms with E-state index in [1.165, 1.54) is 11.3 Å². The number of hydrogen-bond acceptors (Lipinski definition) is 6. The van der Waals surface area contributed by atoms with Crippen molar-refractivity contribution in [2.45, 2.75) is 44.2 Å². The number of likely N-dealkylation sites (tertiary alicyclic amines) is 1. The van der Waals surface area contributed by atoms with Gasteiger partial charge >= 0.3 is 0 Å². The lowest BCUT2D eigenvalue weighted by molar-refractivity contribution is -0.141. The summed E-state index contributed by atoms with van der Waals surface area (Å²) in [7, 11) is 1.97. The van der Waals surface area contributed by atoms with E-state index < -0.39 is 17.7 Å². The zero-order valence-corrected chi connectivity index (χ0v) is 18.4. The number of hydrogen-bond donors (Lipinski definition) is 1. The Labute approximate surface area is 185 Å². The number of thiophene rings is 1. The number of aliphatic hydroxyl groups excluding tert-OH is 1. The van der Waals surface area contributed by atoms with Gasteiger partial charge in [-0.1, -0.05) is 25.3 Å². The first-order valence-corrected chi connectivity index (χ1v) is 11.8. The molecular weight excluding hydrogens is 412 g/mol. The molecule has 3 aliphatic rings. The molecule has 0 bridgehead atoms. The Kier molecular flexibility index (Phi) is 5.22. The lowest BCUT2D eigenvalue weighted by Gasteiger charge is -2.35. The van der Waals surface area contributed by atoms with Crippen LogP contribution in [0.25, 0.3) is 5.76 Å². The van der Waals surface area contributed by atoms with Gasteiger partial charge in [0.05, 0.1) is 23.8 Å². The number of carbonyl (C=O) groups excluding carboxylic acids is 2. The number of Topliss-reactive ketones (excluding diaryl/α,β-unsaturated/α-hetero) is 1. The van der Waals surface area contributed by atoms with Crippen LogP contribution >= 0.6 is 11.3 Å². The highest BCUT2D eigenvalue weighted by Crippen LogP contribution is 2.45. The third kappa shape index (κ3) is 3.41. The summed E-state index contributed by atoms with van der Waals surface area (Å²) < 4.78 is 5.70. The van der Waals surface area contributed by atoms with Crippen LogP contribution in [0, 0.1) is 0 Å². The normalized spacial score (nSPS) is 23.7. The molecule has 1 amide bonds. The number of anilines is 1. The first-order chi connectivity index (χ1) is 15.1. The van der Waals surface area contributed by atoms with Crippen LogP contribution in [0.3, 0.4) is 0 Å². The first-order valence-electron chi connectivity index (χ1n) is 10.9. The highest BCUT2D eigenvalue weighted by atomic mass is 32.1. The molecule has 1 unspecified atom stereocenters. The van der Waals surface area contributed by atoms with E-state index in [1.807, 2.05) is 36.7 Å². The number of rotatable bonds is 3. The van der Waals surface area contributed by atoms with Crippen LogP contribution in [-0.4, -0.2) is 47.9 Å². The number of ketones is 1. The minimum absolute atomic E-state index is 0.0330. The van der Waals surface area contributed by atoms with Gasteiger partial charge in [0, 0.05) is 23.5 Å². The van der Waals surface area contributed by atoms with E-state index in [0.29, 0.717) is 12.2 Å². The fourth-order valence-electron chi connectivity index (χ4n) is 4.97. The summed E-state index contributed by atoms with van der Waals surface area (Å²) in [6.07, 6.45) is 5.07. The summed E-state index contributed by atoms with van der Waals surface area (Å²) >= 11 is 1.51. The van der Waals surface area contributed by atoms with E-state index >= 15 is 0 Å². The van der Waals surface area contributed by atoms with Crippen LogP contribution in [0.4, 0.5) is 5.69 Å². The number of benzene rings is 1. The molecule has 0 spiro atoms. The van der Waals surface area contributed by atoms with Crippen LogP contribution in [0.15, 0.2) is 41.3 Å². The Morgan fingerprint density at radius 3 is 2.71 bits per heavy atom. The molecule has 2 aliphatic heterocycles. The monoisotopic (exact) mass is 438 g/mol. The average molecular weight is 439 g/mol. The van der Waals surface area contributed by atoms with Crippen molar-refractivity contribution >= 4 is 34.5 Å². The quantitative estimate of drug-likeness (QED) is 0.439. The maximum atomic E-state index is 13.2. The van der Waals surface area contributed by atoms with Crippen molar-refractivity contribution in [3.8, 4) is 5.75 Å². The number of likely N-dealkylation sites (N-methyl/N-ethyl adjacent to an activating group) is 1. The first kappa shape index (κ1) is 20.1. The number of fused-ring (bicyclic) bond motifs is 1. The second kappa shape index (κ2) is 8.04. The third-order valence-electron chi connectivity index (χ3n) is 6.59. The van der Waals surface area contributed by atoms with Crippen LogP contribution in [0.5, 0.6) is 5.75 Å². The van der Waals surface area contributed by atoms with Crippen molar-refractivity contribution in [2.75, 3.05) is 25.1 Å². The van der Waals surface area contributed by atoms with Gasteiger partial charge in [0.15, 0.2) is 0 Å². The Bertz CT molecular complexity index is 1040. The van der Waals surface area contributed by atoms with Crippen LogP contribution in [-0.2, 0) is 9.59 Å². The van der Waals surface area contributed by atoms with E-state index in [2.05, 4.69) is 4.90 Å².